The zero-order chi connectivity index (χ0) is 13.0. The molecule has 0 unspecified atom stereocenters. The molecule has 0 aliphatic heterocycles. The van der Waals surface area contributed by atoms with Crippen molar-refractivity contribution >= 4 is 11.4 Å². The highest BCUT2D eigenvalue weighted by Gasteiger charge is 2.00. The van der Waals surface area contributed by atoms with Crippen LogP contribution in [-0.4, -0.2) is 16.3 Å². The topological polar surface area (TPSA) is 79.7 Å². The number of hydrogen-bond acceptors (Lipinski definition) is 4. The molecule has 0 atom stereocenters. The lowest BCUT2D eigenvalue weighted by Gasteiger charge is -2.09. The van der Waals surface area contributed by atoms with Crippen molar-refractivity contribution in [2.45, 2.75) is 13.5 Å². The number of nitriles is 1. The summed E-state index contributed by atoms with van der Waals surface area (Å²) in [6.07, 6.45) is 3.81. The van der Waals surface area contributed by atoms with E-state index in [4.69, 9.17) is 11.0 Å². The van der Waals surface area contributed by atoms with Gasteiger partial charge in [0.1, 0.15) is 0 Å². The lowest BCUT2D eigenvalue weighted by molar-refractivity contribution is 0.637. The van der Waals surface area contributed by atoms with E-state index in [9.17, 15) is 0 Å². The van der Waals surface area contributed by atoms with Crippen molar-refractivity contribution in [2.75, 3.05) is 17.6 Å². The normalized spacial score (nSPS) is 10.0. The zero-order valence-corrected chi connectivity index (χ0v) is 10.2. The van der Waals surface area contributed by atoms with Crippen molar-refractivity contribution in [2.24, 2.45) is 0 Å². The summed E-state index contributed by atoms with van der Waals surface area (Å²) >= 11 is 0. The molecule has 0 bridgehead atoms. The van der Waals surface area contributed by atoms with Gasteiger partial charge >= 0.3 is 0 Å². The Hall–Kier alpha value is -2.48. The smallest absolute Gasteiger partial charge is 0.0992 e. The standard InChI is InChI=1S/C13H15N5/c1-10-8-17-18(9-10)5-4-16-13-6-11(7-14)2-3-12(13)15/h2-3,6,8-9,16H,4-5,15H2,1H3. The van der Waals surface area contributed by atoms with Crippen LogP contribution >= 0.6 is 0 Å². The van der Waals surface area contributed by atoms with Crippen LogP contribution in [-0.2, 0) is 6.54 Å². The second-order valence-corrected chi connectivity index (χ2v) is 4.12. The highest BCUT2D eigenvalue weighted by atomic mass is 15.3. The summed E-state index contributed by atoms with van der Waals surface area (Å²) in [5.41, 5.74) is 9.01. The van der Waals surface area contributed by atoms with Gasteiger partial charge in [0.15, 0.2) is 0 Å². The van der Waals surface area contributed by atoms with Gasteiger partial charge < -0.3 is 11.1 Å². The zero-order valence-electron chi connectivity index (χ0n) is 10.2. The lowest BCUT2D eigenvalue weighted by atomic mass is 10.2. The number of aryl methyl sites for hydroxylation is 1. The summed E-state index contributed by atoms with van der Waals surface area (Å²) in [5.74, 6) is 0. The quantitative estimate of drug-likeness (QED) is 0.799. The summed E-state index contributed by atoms with van der Waals surface area (Å²) in [7, 11) is 0. The number of nitrogens with two attached hydrogens (primary N) is 1. The van der Waals surface area contributed by atoms with Gasteiger partial charge in [0.25, 0.3) is 0 Å². The van der Waals surface area contributed by atoms with Crippen LogP contribution in [0.1, 0.15) is 11.1 Å². The Morgan fingerprint density at radius 1 is 1.50 bits per heavy atom. The van der Waals surface area contributed by atoms with E-state index in [0.717, 1.165) is 17.8 Å². The fourth-order valence-corrected chi connectivity index (χ4v) is 1.67. The molecule has 5 nitrogen and oxygen atoms in total. The van der Waals surface area contributed by atoms with Crippen molar-refractivity contribution in [1.82, 2.24) is 9.78 Å². The maximum atomic E-state index is 8.83. The average molecular weight is 241 g/mol. The minimum atomic E-state index is 0.599. The number of anilines is 2. The van der Waals surface area contributed by atoms with Crippen LogP contribution in [0.3, 0.4) is 0 Å². The summed E-state index contributed by atoms with van der Waals surface area (Å²) in [4.78, 5) is 0. The van der Waals surface area contributed by atoms with E-state index < -0.39 is 0 Å². The van der Waals surface area contributed by atoms with Crippen LogP contribution in [0, 0.1) is 18.3 Å². The second-order valence-electron chi connectivity index (χ2n) is 4.12. The van der Waals surface area contributed by atoms with E-state index in [-0.39, 0.29) is 0 Å². The SMILES string of the molecule is Cc1cnn(CCNc2cc(C#N)ccc2N)c1. The maximum absolute atomic E-state index is 8.83. The molecule has 0 radical (unpaired) electrons. The molecule has 0 aliphatic carbocycles. The van der Waals surface area contributed by atoms with E-state index in [1.54, 1.807) is 18.2 Å². The Kier molecular flexibility index (Phi) is 3.49. The summed E-state index contributed by atoms with van der Waals surface area (Å²) in [5, 5.41) is 16.2. The van der Waals surface area contributed by atoms with Crippen LogP contribution < -0.4 is 11.1 Å². The minimum absolute atomic E-state index is 0.599. The number of aromatic nitrogens is 2. The van der Waals surface area contributed by atoms with Crippen molar-refractivity contribution < 1.29 is 0 Å². The Morgan fingerprint density at radius 3 is 3.00 bits per heavy atom. The van der Waals surface area contributed by atoms with Gasteiger partial charge in [-0.2, -0.15) is 10.4 Å². The molecule has 0 amide bonds. The van der Waals surface area contributed by atoms with Gasteiger partial charge in [-0.15, -0.1) is 0 Å². The monoisotopic (exact) mass is 241 g/mol. The second kappa shape index (κ2) is 5.23. The molecule has 92 valence electrons. The third-order valence-electron chi connectivity index (χ3n) is 2.60. The predicted octanol–water partition coefficient (Wildman–Crippen LogP) is 1.76. The first-order valence-electron chi connectivity index (χ1n) is 5.71. The Bertz CT molecular complexity index is 579. The third kappa shape index (κ3) is 2.80. The van der Waals surface area contributed by atoms with Crippen LogP contribution in [0.5, 0.6) is 0 Å². The molecule has 3 N–H and O–H groups in total. The van der Waals surface area contributed by atoms with Crippen LogP contribution in [0.4, 0.5) is 11.4 Å². The van der Waals surface area contributed by atoms with Gasteiger partial charge in [0, 0.05) is 12.7 Å². The van der Waals surface area contributed by atoms with E-state index >= 15 is 0 Å². The molecule has 2 rings (SSSR count). The van der Waals surface area contributed by atoms with Gasteiger partial charge in [-0.1, -0.05) is 0 Å². The molecule has 18 heavy (non-hydrogen) atoms. The summed E-state index contributed by atoms with van der Waals surface area (Å²) < 4.78 is 1.87. The number of nitrogens with one attached hydrogen (secondary N) is 1. The molecule has 0 spiro atoms. The average Bonchev–Trinajstić information content (AvgIpc) is 2.77. The van der Waals surface area contributed by atoms with Gasteiger partial charge in [-0.05, 0) is 30.7 Å². The molecular formula is C13H15N5. The molecule has 1 aromatic carbocycles. The Balaban J connectivity index is 1.96. The minimum Gasteiger partial charge on any atom is -0.397 e. The number of rotatable bonds is 4. The molecule has 1 heterocycles. The van der Waals surface area contributed by atoms with Crippen LogP contribution in [0.25, 0.3) is 0 Å². The Labute approximate surface area is 106 Å². The van der Waals surface area contributed by atoms with Crippen molar-refractivity contribution in [3.8, 4) is 6.07 Å². The van der Waals surface area contributed by atoms with Crippen molar-refractivity contribution in [1.29, 1.82) is 5.26 Å². The maximum Gasteiger partial charge on any atom is 0.0992 e. The molecule has 0 saturated heterocycles. The number of hydrogen-bond donors (Lipinski definition) is 2. The van der Waals surface area contributed by atoms with Crippen molar-refractivity contribution in [3.63, 3.8) is 0 Å². The fourth-order valence-electron chi connectivity index (χ4n) is 1.67. The molecule has 0 aliphatic rings. The first-order valence-corrected chi connectivity index (χ1v) is 5.71. The summed E-state index contributed by atoms with van der Waals surface area (Å²) in [6, 6.07) is 7.29. The van der Waals surface area contributed by atoms with E-state index in [0.29, 0.717) is 17.8 Å². The highest BCUT2D eigenvalue weighted by molar-refractivity contribution is 5.68. The highest BCUT2D eigenvalue weighted by Crippen LogP contribution is 2.19. The largest absolute Gasteiger partial charge is 0.397 e. The number of benzene rings is 1. The molecule has 1 aromatic heterocycles. The molecule has 0 saturated carbocycles. The first kappa shape index (κ1) is 12.0. The van der Waals surface area contributed by atoms with Gasteiger partial charge in [-0.25, -0.2) is 0 Å². The molecule has 0 fully saturated rings. The van der Waals surface area contributed by atoms with Gasteiger partial charge in [0.2, 0.25) is 0 Å². The molecule has 5 heteroatoms. The number of nitrogen functional groups attached to an aromatic ring is 1. The van der Waals surface area contributed by atoms with E-state index in [1.165, 1.54) is 0 Å². The third-order valence-corrected chi connectivity index (χ3v) is 2.60. The predicted molar refractivity (Wildman–Crippen MR) is 71.0 cm³/mol. The van der Waals surface area contributed by atoms with Crippen LogP contribution in [0.2, 0.25) is 0 Å². The molecule has 2 aromatic rings. The summed E-state index contributed by atoms with van der Waals surface area (Å²) in [6.45, 7) is 3.47. The molecular weight excluding hydrogens is 226 g/mol. The van der Waals surface area contributed by atoms with Gasteiger partial charge in [-0.3, -0.25) is 4.68 Å². The van der Waals surface area contributed by atoms with Crippen LogP contribution in [0.15, 0.2) is 30.6 Å². The first-order chi connectivity index (χ1) is 8.69. The fraction of sp³-hybridized carbons (Fsp3) is 0.231. The van der Waals surface area contributed by atoms with E-state index in [2.05, 4.69) is 16.5 Å². The number of nitrogens with zero attached hydrogens (tertiary/aromatic N) is 3. The lowest BCUT2D eigenvalue weighted by Crippen LogP contribution is -2.12. The van der Waals surface area contributed by atoms with Crippen molar-refractivity contribution in [3.05, 3.63) is 41.7 Å². The Morgan fingerprint density at radius 2 is 2.33 bits per heavy atom. The van der Waals surface area contributed by atoms with Gasteiger partial charge in [0.05, 0.1) is 35.7 Å². The van der Waals surface area contributed by atoms with E-state index in [1.807, 2.05) is 24.0 Å².